The zero-order valence-corrected chi connectivity index (χ0v) is 27.1. The molecule has 0 aliphatic heterocycles. The van der Waals surface area contributed by atoms with Gasteiger partial charge < -0.3 is 10.0 Å². The second kappa shape index (κ2) is 13.9. The van der Waals surface area contributed by atoms with Crippen LogP contribution in [0.15, 0.2) is 94.8 Å². The smallest absolute Gasteiger partial charge is 0.399 e. The molecule has 0 spiro atoms. The summed E-state index contributed by atoms with van der Waals surface area (Å²) in [5, 5.41) is 13.0. The van der Waals surface area contributed by atoms with Crippen molar-refractivity contribution in [2.45, 2.75) is 12.7 Å². The van der Waals surface area contributed by atoms with Crippen molar-refractivity contribution in [3.8, 4) is 22.4 Å². The van der Waals surface area contributed by atoms with Crippen molar-refractivity contribution in [1.82, 2.24) is 4.98 Å². The molecule has 0 atom stereocenters. The molecule has 0 fully saturated rings. The van der Waals surface area contributed by atoms with Gasteiger partial charge in [0.1, 0.15) is 0 Å². The quantitative estimate of drug-likeness (QED) is 0.135. The average Bonchev–Trinajstić information content (AvgIpc) is 3.52. The topological polar surface area (TPSA) is 89.0 Å². The van der Waals surface area contributed by atoms with E-state index in [1.54, 1.807) is 47.8 Å². The van der Waals surface area contributed by atoms with Crippen LogP contribution in [0.1, 0.15) is 21.5 Å². The number of halogens is 5. The van der Waals surface area contributed by atoms with E-state index < -0.39 is 19.7 Å². The molecule has 1 N–H and O–H groups in total. The number of aromatic carboxylic acids is 1. The predicted molar refractivity (Wildman–Crippen MR) is 172 cm³/mol. The Kier molecular flexibility index (Phi) is 10.2. The minimum Gasteiger partial charge on any atom is -0.478 e. The summed E-state index contributed by atoms with van der Waals surface area (Å²) in [7, 11) is -4.59. The van der Waals surface area contributed by atoms with E-state index in [1.807, 2.05) is 41.3 Å². The molecule has 0 aliphatic rings. The van der Waals surface area contributed by atoms with Gasteiger partial charge >= 0.3 is 13.6 Å². The Morgan fingerprint density at radius 1 is 0.955 bits per heavy atom. The van der Waals surface area contributed by atoms with Crippen molar-refractivity contribution in [2.75, 3.05) is 4.90 Å². The predicted octanol–water partition coefficient (Wildman–Crippen LogP) is 11.1. The van der Waals surface area contributed by atoms with Crippen LogP contribution in [0, 0.1) is 0 Å². The van der Waals surface area contributed by atoms with E-state index in [0.29, 0.717) is 42.2 Å². The van der Waals surface area contributed by atoms with Crippen molar-refractivity contribution >= 4 is 74.9 Å². The lowest BCUT2D eigenvalue weighted by Gasteiger charge is -2.23. The highest BCUT2D eigenvalue weighted by atomic mass is 79.9. The first-order valence-corrected chi connectivity index (χ1v) is 16.8. The Morgan fingerprint density at radius 2 is 1.70 bits per heavy atom. The van der Waals surface area contributed by atoms with Gasteiger partial charge in [-0.3, -0.25) is 4.57 Å². The fourth-order valence-corrected chi connectivity index (χ4v) is 7.19. The molecule has 0 bridgehead atoms. The number of aromatic nitrogens is 1. The fourth-order valence-electron chi connectivity index (χ4n) is 4.46. The number of carbonyl (C=O) groups is 1. The summed E-state index contributed by atoms with van der Waals surface area (Å²) >= 11 is 17.2. The summed E-state index contributed by atoms with van der Waals surface area (Å²) < 4.78 is 44.1. The van der Waals surface area contributed by atoms with Crippen LogP contribution in [-0.4, -0.2) is 16.1 Å². The second-order valence-electron chi connectivity index (χ2n) is 9.46. The molecule has 1 aromatic heterocycles. The number of hydrogen-bond donors (Lipinski definition) is 1. The van der Waals surface area contributed by atoms with Crippen LogP contribution in [0.3, 0.4) is 0 Å². The van der Waals surface area contributed by atoms with E-state index in [0.717, 1.165) is 16.7 Å². The highest BCUT2D eigenvalue weighted by Gasteiger charge is 2.29. The van der Waals surface area contributed by atoms with Crippen molar-refractivity contribution in [2.24, 2.45) is 0 Å². The molecule has 0 saturated carbocycles. The van der Waals surface area contributed by atoms with E-state index in [-0.39, 0.29) is 12.1 Å². The summed E-state index contributed by atoms with van der Waals surface area (Å²) in [6.45, 7) is 0.249. The van der Waals surface area contributed by atoms with Gasteiger partial charge in [-0.05, 0) is 61.6 Å². The van der Waals surface area contributed by atoms with E-state index in [4.69, 9.17) is 28.2 Å². The summed E-state index contributed by atoms with van der Waals surface area (Å²) in [5.41, 5.74) is 4.37. The molecule has 0 aliphatic carbocycles. The Hall–Kier alpha value is -3.15. The van der Waals surface area contributed by atoms with E-state index in [9.17, 15) is 23.5 Å². The first-order chi connectivity index (χ1) is 21.1. The van der Waals surface area contributed by atoms with Crippen LogP contribution in [0.5, 0.6) is 0 Å². The first kappa shape index (κ1) is 32.2. The third-order valence-corrected chi connectivity index (χ3v) is 10.1. The summed E-state index contributed by atoms with van der Waals surface area (Å²) in [4.78, 5) is 19.0. The van der Waals surface area contributed by atoms with Crippen molar-refractivity contribution in [3.63, 3.8) is 0 Å². The van der Waals surface area contributed by atoms with Crippen LogP contribution in [0.25, 0.3) is 22.4 Å². The molecule has 14 heteroatoms. The fraction of sp³-hybridized carbons (Fsp3) is 0.0667. The third-order valence-electron chi connectivity index (χ3n) is 6.60. The van der Waals surface area contributed by atoms with Gasteiger partial charge in [0.15, 0.2) is 5.13 Å². The zero-order valence-electron chi connectivity index (χ0n) is 22.3. The molecule has 4 aromatic carbocycles. The molecule has 7 nitrogen and oxygen atoms in total. The number of carboxylic acid groups (broad SMARTS) is 1. The van der Waals surface area contributed by atoms with Crippen LogP contribution in [0.2, 0.25) is 10.0 Å². The van der Waals surface area contributed by atoms with Gasteiger partial charge in [0.25, 0.3) is 0 Å². The number of thiazole rings is 1. The maximum absolute atomic E-state index is 12.6. The highest BCUT2D eigenvalue weighted by Crippen LogP contribution is 2.53. The molecule has 1 heterocycles. The lowest BCUT2D eigenvalue weighted by Crippen LogP contribution is -2.16. The van der Waals surface area contributed by atoms with Gasteiger partial charge in [-0.15, -0.1) is 20.8 Å². The maximum atomic E-state index is 12.6. The Bertz CT molecular complexity index is 1870. The lowest BCUT2D eigenvalue weighted by atomic mass is 9.98. The Labute approximate surface area is 273 Å². The lowest BCUT2D eigenvalue weighted by molar-refractivity contribution is -0.0881. The number of carboxylic acids is 1. The number of hydrogen-bond acceptors (Lipinski definition) is 7. The van der Waals surface area contributed by atoms with Crippen molar-refractivity contribution in [3.05, 3.63) is 122 Å². The molecule has 44 heavy (non-hydrogen) atoms. The van der Waals surface area contributed by atoms with Crippen LogP contribution in [-0.2, 0) is 26.7 Å². The number of rotatable bonds is 11. The first-order valence-electron chi connectivity index (χ1n) is 12.7. The number of anilines is 2. The molecule has 5 rings (SSSR count). The molecule has 226 valence electrons. The molecular formula is C30H20BrCl2F2N2O5PS. The highest BCUT2D eigenvalue weighted by molar-refractivity contribution is 9.10. The van der Waals surface area contributed by atoms with Crippen molar-refractivity contribution < 1.29 is 33.0 Å². The number of benzene rings is 4. The Balaban J connectivity index is 1.51. The van der Waals surface area contributed by atoms with Crippen LogP contribution < -0.4 is 4.90 Å². The van der Waals surface area contributed by atoms with Gasteiger partial charge in [-0.2, -0.15) is 0 Å². The van der Waals surface area contributed by atoms with Crippen LogP contribution >= 0.6 is 58.1 Å². The van der Waals surface area contributed by atoms with E-state index >= 15 is 0 Å². The average molecular weight is 740 g/mol. The van der Waals surface area contributed by atoms with Gasteiger partial charge in [0, 0.05) is 21.1 Å². The minimum atomic E-state index is -4.59. The van der Waals surface area contributed by atoms with Crippen molar-refractivity contribution in [1.29, 1.82) is 0 Å². The molecule has 0 saturated heterocycles. The van der Waals surface area contributed by atoms with E-state index in [1.165, 1.54) is 17.4 Å². The summed E-state index contributed by atoms with van der Waals surface area (Å²) in [6, 6.07) is 24.7. The number of nitrogens with zero attached hydrogens (tertiary/aromatic N) is 2. The molecule has 0 amide bonds. The molecule has 5 aromatic rings. The van der Waals surface area contributed by atoms with Gasteiger partial charge in [0.2, 0.25) is 0 Å². The van der Waals surface area contributed by atoms with Gasteiger partial charge in [0.05, 0.1) is 34.0 Å². The summed E-state index contributed by atoms with van der Waals surface area (Å²) in [6.07, 6.45) is -0.637. The molecule has 0 unspecified atom stereocenters. The molecule has 0 radical (unpaired) electrons. The van der Waals surface area contributed by atoms with Gasteiger partial charge in [-0.1, -0.05) is 93.7 Å². The molecular weight excluding hydrogens is 720 g/mol. The maximum Gasteiger partial charge on any atom is 0.399 e. The standard InChI is InChI=1S/C30H20BrCl2F2N2O5PS/c31-25-12-18(6-7-21(25)16-43(40,41-34)42-35)15-37(22-9-11-26(32)27(33)14-22)30-36-28(17-44-30)23-10-8-20(13-24(23)29(38)39)19-4-2-1-3-5-19/h1-14,17H,15-16H2,(H,38,39). The normalized spacial score (nSPS) is 11.5. The monoisotopic (exact) mass is 738 g/mol. The zero-order chi connectivity index (χ0) is 31.4. The summed E-state index contributed by atoms with van der Waals surface area (Å²) in [5.74, 6) is -1.08. The van der Waals surface area contributed by atoms with Crippen LogP contribution in [0.4, 0.5) is 19.9 Å². The van der Waals surface area contributed by atoms with Gasteiger partial charge in [-0.25, -0.2) is 9.78 Å². The van der Waals surface area contributed by atoms with E-state index in [2.05, 4.69) is 25.4 Å². The largest absolute Gasteiger partial charge is 0.478 e. The Morgan fingerprint density at radius 3 is 2.36 bits per heavy atom. The minimum absolute atomic E-state index is 0.107. The SMILES string of the molecule is O=C(O)c1cc(-c2ccccc2)ccc1-c1csc(N(Cc2ccc(CP(=O)(OF)OF)c(Br)c2)c2ccc(Cl)c(Cl)c2)n1. The third kappa shape index (κ3) is 7.21. The second-order valence-corrected chi connectivity index (χ2v) is 13.8.